The van der Waals surface area contributed by atoms with Crippen LogP contribution < -0.4 is 10.3 Å². The van der Waals surface area contributed by atoms with E-state index in [-0.39, 0.29) is 12.2 Å². The van der Waals surface area contributed by atoms with Crippen LogP contribution in [-0.2, 0) is 7.05 Å². The molecule has 21 heavy (non-hydrogen) atoms. The van der Waals surface area contributed by atoms with Crippen molar-refractivity contribution >= 4 is 0 Å². The van der Waals surface area contributed by atoms with E-state index in [1.54, 1.807) is 45.2 Å². The Hall–Kier alpha value is -2.54. The monoisotopic (exact) mass is 285 g/mol. The van der Waals surface area contributed by atoms with Crippen LogP contribution in [0.1, 0.15) is 12.5 Å². The Morgan fingerprint density at radius 1 is 1.29 bits per heavy atom. The van der Waals surface area contributed by atoms with Gasteiger partial charge in [0.05, 0.1) is 5.69 Å². The van der Waals surface area contributed by atoms with Crippen molar-refractivity contribution in [2.45, 2.75) is 13.8 Å². The summed E-state index contributed by atoms with van der Waals surface area (Å²) in [5, 5.41) is 0. The van der Waals surface area contributed by atoms with Crippen molar-refractivity contribution in [1.29, 1.82) is 0 Å². The number of ether oxygens (including phenoxy) is 1. The first kappa shape index (κ1) is 14.9. The summed E-state index contributed by atoms with van der Waals surface area (Å²) in [5.74, 6) is 5.43. The highest BCUT2D eigenvalue weighted by molar-refractivity contribution is 5.61. The summed E-state index contributed by atoms with van der Waals surface area (Å²) in [6.07, 6.45) is 0. The number of hydrogen-bond acceptors (Lipinski definition) is 2. The van der Waals surface area contributed by atoms with Crippen molar-refractivity contribution in [3.63, 3.8) is 0 Å². The number of aryl methyl sites for hydroxylation is 1. The smallest absolute Gasteiger partial charge is 0.253 e. The molecule has 2 rings (SSSR count). The summed E-state index contributed by atoms with van der Waals surface area (Å²) in [4.78, 5) is 11.9. The molecule has 0 N–H and O–H groups in total. The lowest BCUT2D eigenvalue weighted by molar-refractivity contribution is 0.368. The topological polar surface area (TPSA) is 31.2 Å². The summed E-state index contributed by atoms with van der Waals surface area (Å²) >= 11 is 0. The SMILES string of the molecule is CC#CCOc1ccc(-c2ccc(C)c(=O)n2C)c(F)c1. The zero-order valence-corrected chi connectivity index (χ0v) is 12.2. The number of rotatable bonds is 3. The van der Waals surface area contributed by atoms with Crippen molar-refractivity contribution in [2.75, 3.05) is 6.61 Å². The van der Waals surface area contributed by atoms with Gasteiger partial charge in [0.1, 0.15) is 18.2 Å². The van der Waals surface area contributed by atoms with E-state index in [0.717, 1.165) is 0 Å². The molecule has 0 aliphatic heterocycles. The van der Waals surface area contributed by atoms with Crippen LogP contribution in [0.5, 0.6) is 5.75 Å². The van der Waals surface area contributed by atoms with E-state index in [0.29, 0.717) is 22.6 Å². The molecule has 1 aromatic heterocycles. The third-order valence-electron chi connectivity index (χ3n) is 3.20. The standard InChI is InChI=1S/C17H16FNO2/c1-4-5-10-21-13-7-8-14(15(18)11-13)16-9-6-12(2)17(20)19(16)3/h6-9,11H,10H2,1-3H3. The van der Waals surface area contributed by atoms with Crippen molar-refractivity contribution < 1.29 is 9.13 Å². The molecule has 0 saturated carbocycles. The maximum absolute atomic E-state index is 14.2. The molecule has 0 atom stereocenters. The zero-order chi connectivity index (χ0) is 15.4. The van der Waals surface area contributed by atoms with Gasteiger partial charge in [0.25, 0.3) is 5.56 Å². The lowest BCUT2D eigenvalue weighted by Gasteiger charge is -2.11. The minimum absolute atomic E-state index is 0.134. The average Bonchev–Trinajstić information content (AvgIpc) is 2.46. The van der Waals surface area contributed by atoms with Gasteiger partial charge in [0.15, 0.2) is 0 Å². The predicted molar refractivity (Wildman–Crippen MR) is 80.8 cm³/mol. The van der Waals surface area contributed by atoms with Crippen molar-refractivity contribution in [3.8, 4) is 28.8 Å². The molecular weight excluding hydrogens is 269 g/mol. The molecule has 0 unspecified atom stereocenters. The highest BCUT2D eigenvalue weighted by atomic mass is 19.1. The summed E-state index contributed by atoms with van der Waals surface area (Å²) < 4.78 is 21.0. The first-order valence-corrected chi connectivity index (χ1v) is 6.53. The number of aromatic nitrogens is 1. The van der Waals surface area contributed by atoms with Crippen LogP contribution in [0.2, 0.25) is 0 Å². The average molecular weight is 285 g/mol. The Kier molecular flexibility index (Phi) is 4.44. The van der Waals surface area contributed by atoms with Gasteiger partial charge >= 0.3 is 0 Å². The summed E-state index contributed by atoms with van der Waals surface area (Å²) in [7, 11) is 1.63. The minimum Gasteiger partial charge on any atom is -0.481 e. The Labute approximate surface area is 123 Å². The molecule has 4 heteroatoms. The maximum Gasteiger partial charge on any atom is 0.253 e. The molecule has 0 bridgehead atoms. The molecule has 1 aromatic carbocycles. The largest absolute Gasteiger partial charge is 0.481 e. The molecule has 0 saturated heterocycles. The molecule has 0 spiro atoms. The minimum atomic E-state index is -0.434. The molecule has 108 valence electrons. The fraction of sp³-hybridized carbons (Fsp3) is 0.235. The molecule has 0 aliphatic carbocycles. The quantitative estimate of drug-likeness (QED) is 0.812. The maximum atomic E-state index is 14.2. The first-order valence-electron chi connectivity index (χ1n) is 6.53. The summed E-state index contributed by atoms with van der Waals surface area (Å²) in [6.45, 7) is 3.66. The first-order chi connectivity index (χ1) is 10.0. The van der Waals surface area contributed by atoms with Gasteiger partial charge in [-0.05, 0) is 32.0 Å². The van der Waals surface area contributed by atoms with Crippen LogP contribution in [0.15, 0.2) is 35.1 Å². The van der Waals surface area contributed by atoms with E-state index in [2.05, 4.69) is 11.8 Å². The number of pyridine rings is 1. The molecule has 0 amide bonds. The van der Waals surface area contributed by atoms with Crippen LogP contribution in [0, 0.1) is 24.6 Å². The van der Waals surface area contributed by atoms with Gasteiger partial charge in [-0.2, -0.15) is 0 Å². The molecule has 3 nitrogen and oxygen atoms in total. The van der Waals surface area contributed by atoms with Crippen molar-refractivity contribution in [3.05, 3.63) is 52.1 Å². The third kappa shape index (κ3) is 3.14. The van der Waals surface area contributed by atoms with Gasteiger partial charge in [-0.15, -0.1) is 5.92 Å². The van der Waals surface area contributed by atoms with Gasteiger partial charge in [-0.1, -0.05) is 12.0 Å². The van der Waals surface area contributed by atoms with Gasteiger partial charge in [0.2, 0.25) is 0 Å². The number of halogens is 1. The Bertz CT molecular complexity index is 782. The summed E-state index contributed by atoms with van der Waals surface area (Å²) in [6, 6.07) is 8.00. The van der Waals surface area contributed by atoms with Gasteiger partial charge in [-0.25, -0.2) is 4.39 Å². The second-order valence-electron chi connectivity index (χ2n) is 4.62. The van der Waals surface area contributed by atoms with Crippen LogP contribution in [0.4, 0.5) is 4.39 Å². The van der Waals surface area contributed by atoms with Crippen LogP contribution >= 0.6 is 0 Å². The molecule has 0 aliphatic rings. The predicted octanol–water partition coefficient (Wildman–Crippen LogP) is 2.90. The molecular formula is C17H16FNO2. The van der Waals surface area contributed by atoms with Gasteiger partial charge in [-0.3, -0.25) is 4.79 Å². The molecule has 2 aromatic rings. The van der Waals surface area contributed by atoms with E-state index < -0.39 is 5.82 Å². The fourth-order valence-electron chi connectivity index (χ4n) is 2.02. The molecule has 1 heterocycles. The van der Waals surface area contributed by atoms with Crippen LogP contribution in [0.25, 0.3) is 11.3 Å². The van der Waals surface area contributed by atoms with Gasteiger partial charge in [0, 0.05) is 24.2 Å². The Morgan fingerprint density at radius 2 is 2.05 bits per heavy atom. The Balaban J connectivity index is 2.39. The molecule has 0 fully saturated rings. The van der Waals surface area contributed by atoms with E-state index in [4.69, 9.17) is 4.74 Å². The van der Waals surface area contributed by atoms with E-state index in [1.807, 2.05) is 0 Å². The van der Waals surface area contributed by atoms with E-state index >= 15 is 0 Å². The molecule has 0 radical (unpaired) electrons. The van der Waals surface area contributed by atoms with E-state index in [9.17, 15) is 9.18 Å². The van der Waals surface area contributed by atoms with Crippen LogP contribution in [0.3, 0.4) is 0 Å². The fourth-order valence-corrected chi connectivity index (χ4v) is 2.02. The van der Waals surface area contributed by atoms with Crippen molar-refractivity contribution in [2.24, 2.45) is 7.05 Å². The zero-order valence-electron chi connectivity index (χ0n) is 12.2. The second-order valence-corrected chi connectivity index (χ2v) is 4.62. The second kappa shape index (κ2) is 6.27. The Morgan fingerprint density at radius 3 is 2.71 bits per heavy atom. The normalized spacial score (nSPS) is 9.90. The third-order valence-corrected chi connectivity index (χ3v) is 3.20. The van der Waals surface area contributed by atoms with Gasteiger partial charge < -0.3 is 9.30 Å². The van der Waals surface area contributed by atoms with E-state index in [1.165, 1.54) is 10.6 Å². The van der Waals surface area contributed by atoms with Crippen molar-refractivity contribution in [1.82, 2.24) is 4.57 Å². The lowest BCUT2D eigenvalue weighted by atomic mass is 10.1. The number of benzene rings is 1. The number of nitrogens with zero attached hydrogens (tertiary/aromatic N) is 1. The highest BCUT2D eigenvalue weighted by Gasteiger charge is 2.11. The summed E-state index contributed by atoms with van der Waals surface area (Å²) in [5.41, 5.74) is 1.39. The van der Waals surface area contributed by atoms with Crippen LogP contribution in [-0.4, -0.2) is 11.2 Å². The lowest BCUT2D eigenvalue weighted by Crippen LogP contribution is -2.20. The highest BCUT2D eigenvalue weighted by Crippen LogP contribution is 2.25. The number of hydrogen-bond donors (Lipinski definition) is 0.